The number of amides is 1. The van der Waals surface area contributed by atoms with Gasteiger partial charge in [-0.2, -0.15) is 11.8 Å². The Hall–Kier alpha value is -1.89. The summed E-state index contributed by atoms with van der Waals surface area (Å²) in [5, 5.41) is 6.44. The van der Waals surface area contributed by atoms with Gasteiger partial charge in [-0.25, -0.2) is 0 Å². The molecule has 6 nitrogen and oxygen atoms in total. The topological polar surface area (TPSA) is 60.0 Å². The number of hydrogen-bond acceptors (Lipinski definition) is 4. The van der Waals surface area contributed by atoms with E-state index in [1.54, 1.807) is 18.8 Å². The van der Waals surface area contributed by atoms with Crippen molar-refractivity contribution in [3.63, 3.8) is 0 Å². The maximum Gasteiger partial charge on any atom is 0.224 e. The first-order valence-corrected chi connectivity index (χ1v) is 10.1. The lowest BCUT2D eigenvalue weighted by Gasteiger charge is -2.36. The molecule has 0 bridgehead atoms. The van der Waals surface area contributed by atoms with Gasteiger partial charge in [0.2, 0.25) is 5.91 Å². The zero-order valence-electron chi connectivity index (χ0n) is 15.2. The van der Waals surface area contributed by atoms with Crippen molar-refractivity contribution in [1.82, 2.24) is 15.5 Å². The number of piperazine rings is 1. The molecule has 138 valence electrons. The van der Waals surface area contributed by atoms with Crippen LogP contribution in [-0.2, 0) is 4.79 Å². The molecule has 1 aromatic rings. The lowest BCUT2D eigenvalue weighted by Crippen LogP contribution is -2.49. The van der Waals surface area contributed by atoms with Gasteiger partial charge in [0.25, 0.3) is 0 Å². The summed E-state index contributed by atoms with van der Waals surface area (Å²) in [5.41, 5.74) is 1.23. The van der Waals surface area contributed by atoms with Gasteiger partial charge in [0, 0.05) is 64.2 Å². The molecule has 1 amide bonds. The average molecular weight is 364 g/mol. The van der Waals surface area contributed by atoms with Crippen molar-refractivity contribution in [1.29, 1.82) is 0 Å². The van der Waals surface area contributed by atoms with Crippen molar-refractivity contribution in [2.45, 2.75) is 6.42 Å². The minimum Gasteiger partial charge on any atom is -0.368 e. The molecule has 0 radical (unpaired) electrons. The highest BCUT2D eigenvalue weighted by atomic mass is 32.2. The number of thioether (sulfide) groups is 1. The number of hydrogen-bond donors (Lipinski definition) is 2. The third kappa shape index (κ3) is 6.49. The Balaban J connectivity index is 1.67. The van der Waals surface area contributed by atoms with Crippen molar-refractivity contribution in [2.75, 3.05) is 63.2 Å². The Morgan fingerprint density at radius 1 is 1.12 bits per heavy atom. The van der Waals surface area contributed by atoms with Crippen molar-refractivity contribution >= 4 is 29.3 Å². The summed E-state index contributed by atoms with van der Waals surface area (Å²) < 4.78 is 0. The van der Waals surface area contributed by atoms with Crippen molar-refractivity contribution in [3.05, 3.63) is 30.3 Å². The average Bonchev–Trinajstić information content (AvgIpc) is 2.67. The van der Waals surface area contributed by atoms with Crippen LogP contribution in [0.2, 0.25) is 0 Å². The normalized spacial score (nSPS) is 15.2. The molecule has 0 atom stereocenters. The minimum atomic E-state index is 0.208. The Bertz CT molecular complexity index is 544. The fourth-order valence-corrected chi connectivity index (χ4v) is 3.10. The highest BCUT2D eigenvalue weighted by molar-refractivity contribution is 7.98. The monoisotopic (exact) mass is 363 g/mol. The van der Waals surface area contributed by atoms with Crippen molar-refractivity contribution in [2.24, 2.45) is 4.99 Å². The highest BCUT2D eigenvalue weighted by Crippen LogP contribution is 2.15. The first-order valence-electron chi connectivity index (χ1n) is 8.76. The summed E-state index contributed by atoms with van der Waals surface area (Å²) in [7, 11) is 1.75. The van der Waals surface area contributed by atoms with Gasteiger partial charge in [-0.15, -0.1) is 0 Å². The van der Waals surface area contributed by atoms with Crippen LogP contribution in [0, 0.1) is 0 Å². The van der Waals surface area contributed by atoms with E-state index in [4.69, 9.17) is 0 Å². The second-order valence-corrected chi connectivity index (χ2v) is 6.86. The molecule has 2 rings (SSSR count). The zero-order valence-corrected chi connectivity index (χ0v) is 16.0. The molecule has 25 heavy (non-hydrogen) atoms. The minimum absolute atomic E-state index is 0.208. The van der Waals surface area contributed by atoms with E-state index in [9.17, 15) is 4.79 Å². The smallest absolute Gasteiger partial charge is 0.224 e. The maximum absolute atomic E-state index is 12.4. The molecule has 1 aliphatic rings. The fourth-order valence-electron chi connectivity index (χ4n) is 2.79. The predicted molar refractivity (Wildman–Crippen MR) is 108 cm³/mol. The Labute approximate surface area is 155 Å². The van der Waals surface area contributed by atoms with E-state index in [1.807, 2.05) is 11.0 Å². The van der Waals surface area contributed by atoms with Gasteiger partial charge < -0.3 is 20.4 Å². The Morgan fingerprint density at radius 3 is 2.44 bits per heavy atom. The first-order chi connectivity index (χ1) is 12.2. The van der Waals surface area contributed by atoms with Gasteiger partial charge in [0.1, 0.15) is 0 Å². The van der Waals surface area contributed by atoms with Gasteiger partial charge in [0.15, 0.2) is 5.96 Å². The molecule has 0 aromatic heterocycles. The molecule has 0 aliphatic carbocycles. The summed E-state index contributed by atoms with van der Waals surface area (Å²) in [6.45, 7) is 4.83. The first kappa shape index (κ1) is 19.4. The number of rotatable bonds is 7. The molecule has 0 saturated carbocycles. The van der Waals surface area contributed by atoms with Gasteiger partial charge in [0.05, 0.1) is 0 Å². The van der Waals surface area contributed by atoms with Gasteiger partial charge >= 0.3 is 0 Å². The number of carbonyl (C=O) groups excluding carboxylic acids is 1. The zero-order chi connectivity index (χ0) is 17.9. The molecule has 1 fully saturated rings. The number of nitrogens with one attached hydrogen (secondary N) is 2. The SMILES string of the molecule is CN=C(NCCSC)NCCC(=O)N1CCN(c2ccccc2)CC1. The standard InChI is InChI=1S/C18H29N5OS/c1-19-18(21-10-15-25-2)20-9-8-17(24)23-13-11-22(12-14-23)16-6-4-3-5-7-16/h3-7H,8-15H2,1-2H3,(H2,19,20,21). The van der Waals surface area contributed by atoms with E-state index in [0.717, 1.165) is 44.4 Å². The summed E-state index contributed by atoms with van der Waals surface area (Å²) >= 11 is 1.79. The van der Waals surface area contributed by atoms with Crippen LogP contribution in [0.4, 0.5) is 5.69 Å². The van der Waals surface area contributed by atoms with Gasteiger partial charge in [-0.3, -0.25) is 9.79 Å². The van der Waals surface area contributed by atoms with Crippen LogP contribution in [0.15, 0.2) is 35.3 Å². The summed E-state index contributed by atoms with van der Waals surface area (Å²) in [4.78, 5) is 20.8. The second-order valence-electron chi connectivity index (χ2n) is 5.87. The van der Waals surface area contributed by atoms with E-state index < -0.39 is 0 Å². The van der Waals surface area contributed by atoms with Crippen molar-refractivity contribution in [3.8, 4) is 0 Å². The molecule has 0 spiro atoms. The number of carbonyl (C=O) groups is 1. The second kappa shape index (κ2) is 10.9. The fraction of sp³-hybridized carbons (Fsp3) is 0.556. The van der Waals surface area contributed by atoms with E-state index in [-0.39, 0.29) is 5.91 Å². The Kier molecular flexibility index (Phi) is 8.45. The molecule has 1 saturated heterocycles. The molecule has 1 aromatic carbocycles. The molecular formula is C18H29N5OS. The van der Waals surface area contributed by atoms with Gasteiger partial charge in [-0.05, 0) is 18.4 Å². The summed E-state index contributed by atoms with van der Waals surface area (Å²) in [6, 6.07) is 10.4. The van der Waals surface area contributed by atoms with Crippen LogP contribution in [0.25, 0.3) is 0 Å². The Morgan fingerprint density at radius 2 is 1.80 bits per heavy atom. The number of benzene rings is 1. The van der Waals surface area contributed by atoms with Crippen LogP contribution in [0.3, 0.4) is 0 Å². The molecule has 1 aliphatic heterocycles. The number of anilines is 1. The molecule has 2 N–H and O–H groups in total. The van der Waals surface area contributed by atoms with Crippen molar-refractivity contribution < 1.29 is 4.79 Å². The maximum atomic E-state index is 12.4. The number of guanidine groups is 1. The number of nitrogens with zero attached hydrogens (tertiary/aromatic N) is 3. The summed E-state index contributed by atoms with van der Waals surface area (Å²) in [5.74, 6) is 2.00. The largest absolute Gasteiger partial charge is 0.368 e. The predicted octanol–water partition coefficient (Wildman–Crippen LogP) is 1.25. The van der Waals surface area contributed by atoms with E-state index in [0.29, 0.717) is 13.0 Å². The highest BCUT2D eigenvalue weighted by Gasteiger charge is 2.20. The third-order valence-corrected chi connectivity index (χ3v) is 4.82. The van der Waals surface area contributed by atoms with Gasteiger partial charge in [-0.1, -0.05) is 18.2 Å². The van der Waals surface area contributed by atoms with Crippen LogP contribution >= 0.6 is 11.8 Å². The molecule has 1 heterocycles. The molecule has 0 unspecified atom stereocenters. The number of para-hydroxylation sites is 1. The quantitative estimate of drug-likeness (QED) is 0.434. The van der Waals surface area contributed by atoms with Crippen LogP contribution in [0.1, 0.15) is 6.42 Å². The van der Waals surface area contributed by atoms with E-state index >= 15 is 0 Å². The van der Waals surface area contributed by atoms with Crippen LogP contribution in [-0.4, -0.2) is 75.1 Å². The summed E-state index contributed by atoms with van der Waals surface area (Å²) in [6.07, 6.45) is 2.57. The lowest BCUT2D eigenvalue weighted by molar-refractivity contribution is -0.131. The molecular weight excluding hydrogens is 334 g/mol. The third-order valence-electron chi connectivity index (χ3n) is 4.21. The number of aliphatic imine (C=N–C) groups is 1. The lowest BCUT2D eigenvalue weighted by atomic mass is 10.2. The molecule has 7 heteroatoms. The van der Waals surface area contributed by atoms with Crippen LogP contribution < -0.4 is 15.5 Å². The van der Waals surface area contributed by atoms with E-state index in [1.165, 1.54) is 5.69 Å². The van der Waals surface area contributed by atoms with E-state index in [2.05, 4.69) is 51.0 Å². The van der Waals surface area contributed by atoms with Crippen LogP contribution in [0.5, 0.6) is 0 Å².